The highest BCUT2D eigenvalue weighted by atomic mass is 16.2. The van der Waals surface area contributed by atoms with Gasteiger partial charge in [-0.25, -0.2) is 0 Å². The summed E-state index contributed by atoms with van der Waals surface area (Å²) in [5, 5.41) is 2.90. The molecule has 1 fully saturated rings. The lowest BCUT2D eigenvalue weighted by atomic mass is 10.1. The molecule has 1 aliphatic rings. The summed E-state index contributed by atoms with van der Waals surface area (Å²) < 4.78 is 0. The Labute approximate surface area is 136 Å². The lowest BCUT2D eigenvalue weighted by Crippen LogP contribution is -2.43. The van der Waals surface area contributed by atoms with Gasteiger partial charge in [-0.05, 0) is 43.5 Å². The Hall–Kier alpha value is -2.62. The number of carbonyl (C=O) groups excluding carboxylic acids is 2. The fourth-order valence-electron chi connectivity index (χ4n) is 3.00. The van der Waals surface area contributed by atoms with Crippen molar-refractivity contribution in [3.05, 3.63) is 65.7 Å². The van der Waals surface area contributed by atoms with Crippen LogP contribution in [0.4, 0.5) is 5.69 Å². The number of benzene rings is 2. The van der Waals surface area contributed by atoms with Gasteiger partial charge in [-0.15, -0.1) is 0 Å². The zero-order valence-electron chi connectivity index (χ0n) is 13.2. The van der Waals surface area contributed by atoms with Crippen LogP contribution in [0, 0.1) is 6.92 Å². The number of amides is 2. The van der Waals surface area contributed by atoms with Gasteiger partial charge in [0.1, 0.15) is 6.04 Å². The summed E-state index contributed by atoms with van der Waals surface area (Å²) in [5.74, 6) is -0.176. The summed E-state index contributed by atoms with van der Waals surface area (Å²) in [5.41, 5.74) is 2.37. The van der Waals surface area contributed by atoms with Gasteiger partial charge in [0.15, 0.2) is 0 Å². The van der Waals surface area contributed by atoms with Crippen LogP contribution in [-0.2, 0) is 4.79 Å². The van der Waals surface area contributed by atoms with Gasteiger partial charge in [0, 0.05) is 17.8 Å². The number of likely N-dealkylation sites (tertiary alicyclic amines) is 1. The number of nitrogens with zero attached hydrogens (tertiary/aromatic N) is 1. The van der Waals surface area contributed by atoms with E-state index in [9.17, 15) is 9.59 Å². The molecule has 4 nitrogen and oxygen atoms in total. The molecule has 2 amide bonds. The van der Waals surface area contributed by atoms with Gasteiger partial charge in [0.2, 0.25) is 5.91 Å². The lowest BCUT2D eigenvalue weighted by Gasteiger charge is -2.24. The Morgan fingerprint density at radius 3 is 2.48 bits per heavy atom. The Balaban J connectivity index is 1.76. The molecule has 0 aromatic heterocycles. The zero-order valence-corrected chi connectivity index (χ0v) is 13.2. The molecule has 2 aromatic rings. The lowest BCUT2D eigenvalue weighted by molar-refractivity contribution is -0.119. The molecule has 1 aliphatic heterocycles. The highest BCUT2D eigenvalue weighted by Gasteiger charge is 2.34. The van der Waals surface area contributed by atoms with E-state index in [1.807, 2.05) is 61.5 Å². The number of hydrogen-bond acceptors (Lipinski definition) is 2. The van der Waals surface area contributed by atoms with Gasteiger partial charge >= 0.3 is 0 Å². The number of nitrogens with one attached hydrogen (secondary N) is 1. The third-order valence-electron chi connectivity index (χ3n) is 4.23. The van der Waals surface area contributed by atoms with Crippen molar-refractivity contribution in [3.63, 3.8) is 0 Å². The number of para-hydroxylation sites is 1. The summed E-state index contributed by atoms with van der Waals surface area (Å²) in [6.45, 7) is 2.54. The van der Waals surface area contributed by atoms with E-state index in [4.69, 9.17) is 0 Å². The predicted octanol–water partition coefficient (Wildman–Crippen LogP) is 3.24. The van der Waals surface area contributed by atoms with Gasteiger partial charge in [-0.1, -0.05) is 36.4 Å². The Kier molecular flexibility index (Phi) is 4.42. The highest BCUT2D eigenvalue weighted by Crippen LogP contribution is 2.23. The Bertz CT molecular complexity index is 712. The molecular weight excluding hydrogens is 288 g/mol. The quantitative estimate of drug-likeness (QED) is 0.946. The van der Waals surface area contributed by atoms with E-state index in [2.05, 4.69) is 5.32 Å². The van der Waals surface area contributed by atoms with Gasteiger partial charge in [-0.2, -0.15) is 0 Å². The van der Waals surface area contributed by atoms with E-state index in [1.165, 1.54) is 0 Å². The minimum absolute atomic E-state index is 0.0613. The van der Waals surface area contributed by atoms with Crippen molar-refractivity contribution in [1.82, 2.24) is 4.90 Å². The van der Waals surface area contributed by atoms with E-state index in [0.29, 0.717) is 18.5 Å². The molecule has 1 N–H and O–H groups in total. The molecule has 1 unspecified atom stereocenters. The first-order valence-electron chi connectivity index (χ1n) is 7.89. The van der Waals surface area contributed by atoms with Crippen LogP contribution in [0.3, 0.4) is 0 Å². The number of hydrogen-bond donors (Lipinski definition) is 1. The predicted molar refractivity (Wildman–Crippen MR) is 90.3 cm³/mol. The number of anilines is 1. The van der Waals surface area contributed by atoms with Crippen LogP contribution in [0.5, 0.6) is 0 Å². The molecule has 23 heavy (non-hydrogen) atoms. The van der Waals surface area contributed by atoms with Crippen LogP contribution < -0.4 is 5.32 Å². The van der Waals surface area contributed by atoms with Gasteiger partial charge in [0.25, 0.3) is 5.91 Å². The van der Waals surface area contributed by atoms with Crippen LogP contribution in [0.1, 0.15) is 28.8 Å². The second-order valence-corrected chi connectivity index (χ2v) is 5.83. The topological polar surface area (TPSA) is 49.4 Å². The second kappa shape index (κ2) is 6.65. The fraction of sp³-hybridized carbons (Fsp3) is 0.263. The first kappa shape index (κ1) is 15.3. The summed E-state index contributed by atoms with van der Waals surface area (Å²) in [6, 6.07) is 16.5. The van der Waals surface area contributed by atoms with Crippen molar-refractivity contribution < 1.29 is 9.59 Å². The second-order valence-electron chi connectivity index (χ2n) is 5.83. The first-order chi connectivity index (χ1) is 11.2. The van der Waals surface area contributed by atoms with Gasteiger partial charge in [0.05, 0.1) is 0 Å². The van der Waals surface area contributed by atoms with Crippen molar-refractivity contribution in [2.75, 3.05) is 11.9 Å². The molecule has 0 spiro atoms. The Morgan fingerprint density at radius 2 is 1.74 bits per heavy atom. The molecular formula is C19H20N2O2. The van der Waals surface area contributed by atoms with E-state index < -0.39 is 6.04 Å². The molecule has 118 valence electrons. The summed E-state index contributed by atoms with van der Waals surface area (Å²) in [4.78, 5) is 27.0. The van der Waals surface area contributed by atoms with Crippen LogP contribution in [-0.4, -0.2) is 29.3 Å². The molecule has 1 atom stereocenters. The standard InChI is InChI=1S/C19H20N2O2/c1-14-8-5-6-11-16(14)19(23)21-13-7-12-17(21)18(22)20-15-9-3-2-4-10-15/h2-6,8-11,17H,7,12-13H2,1H3,(H,20,22). The normalized spacial score (nSPS) is 17.1. The average molecular weight is 308 g/mol. The zero-order chi connectivity index (χ0) is 16.2. The van der Waals surface area contributed by atoms with Crippen molar-refractivity contribution >= 4 is 17.5 Å². The number of rotatable bonds is 3. The minimum Gasteiger partial charge on any atom is -0.327 e. The maximum atomic E-state index is 12.8. The molecule has 0 aliphatic carbocycles. The van der Waals surface area contributed by atoms with Gasteiger partial charge in [-0.3, -0.25) is 9.59 Å². The summed E-state index contributed by atoms with van der Waals surface area (Å²) >= 11 is 0. The van der Waals surface area contributed by atoms with Crippen molar-refractivity contribution in [2.24, 2.45) is 0 Å². The van der Waals surface area contributed by atoms with E-state index in [1.54, 1.807) is 4.90 Å². The minimum atomic E-state index is -0.401. The molecule has 0 radical (unpaired) electrons. The van der Waals surface area contributed by atoms with Crippen LogP contribution in [0.2, 0.25) is 0 Å². The number of carbonyl (C=O) groups is 2. The molecule has 2 aromatic carbocycles. The molecule has 1 heterocycles. The smallest absolute Gasteiger partial charge is 0.254 e. The van der Waals surface area contributed by atoms with Crippen molar-refractivity contribution in [1.29, 1.82) is 0 Å². The van der Waals surface area contributed by atoms with E-state index in [-0.39, 0.29) is 11.8 Å². The molecule has 3 rings (SSSR count). The largest absolute Gasteiger partial charge is 0.327 e. The third kappa shape index (κ3) is 3.26. The summed E-state index contributed by atoms with van der Waals surface area (Å²) in [7, 11) is 0. The molecule has 1 saturated heterocycles. The highest BCUT2D eigenvalue weighted by molar-refractivity contribution is 6.02. The van der Waals surface area contributed by atoms with Crippen molar-refractivity contribution in [2.45, 2.75) is 25.8 Å². The fourth-order valence-corrected chi connectivity index (χ4v) is 3.00. The van der Waals surface area contributed by atoms with E-state index in [0.717, 1.165) is 17.7 Å². The Morgan fingerprint density at radius 1 is 1.04 bits per heavy atom. The third-order valence-corrected chi connectivity index (χ3v) is 4.23. The molecule has 0 bridgehead atoms. The van der Waals surface area contributed by atoms with Gasteiger partial charge < -0.3 is 10.2 Å². The molecule has 4 heteroatoms. The van der Waals surface area contributed by atoms with Crippen molar-refractivity contribution in [3.8, 4) is 0 Å². The van der Waals surface area contributed by atoms with E-state index >= 15 is 0 Å². The van der Waals surface area contributed by atoms with Crippen LogP contribution >= 0.6 is 0 Å². The monoisotopic (exact) mass is 308 g/mol. The van der Waals surface area contributed by atoms with Crippen LogP contribution in [0.25, 0.3) is 0 Å². The average Bonchev–Trinajstić information content (AvgIpc) is 3.05. The number of aryl methyl sites for hydroxylation is 1. The van der Waals surface area contributed by atoms with Crippen LogP contribution in [0.15, 0.2) is 54.6 Å². The maximum absolute atomic E-state index is 12.8. The summed E-state index contributed by atoms with van der Waals surface area (Å²) in [6.07, 6.45) is 1.56. The molecule has 0 saturated carbocycles. The SMILES string of the molecule is Cc1ccccc1C(=O)N1CCCC1C(=O)Nc1ccccc1. The first-order valence-corrected chi connectivity index (χ1v) is 7.89. The maximum Gasteiger partial charge on any atom is 0.254 e.